The first-order chi connectivity index (χ1) is 6.97. The molecule has 0 aromatic carbocycles. The highest BCUT2D eigenvalue weighted by Crippen LogP contribution is 1.99. The molecule has 6 nitrogen and oxygen atoms in total. The van der Waals surface area contributed by atoms with Crippen molar-refractivity contribution in [2.24, 2.45) is 11.5 Å². The molecule has 0 rings (SSSR count). The van der Waals surface area contributed by atoms with Gasteiger partial charge in [-0.2, -0.15) is 0 Å². The first kappa shape index (κ1) is 14.0. The summed E-state index contributed by atoms with van der Waals surface area (Å²) >= 11 is 0. The van der Waals surface area contributed by atoms with Gasteiger partial charge >= 0.3 is 11.9 Å². The molecule has 2 atom stereocenters. The normalized spacial score (nSPS) is 14.4. The highest BCUT2D eigenvalue weighted by molar-refractivity contribution is 5.88. The monoisotopic (exact) mass is 218 g/mol. The third-order valence-corrected chi connectivity index (χ3v) is 1.70. The Kier molecular flexibility index (Phi) is 6.85. The molecule has 0 aromatic heterocycles. The maximum atomic E-state index is 11.2. The number of ether oxygens (including phenoxy) is 1. The highest BCUT2D eigenvalue weighted by Gasteiger charge is 2.19. The Balaban J connectivity index is 3.85. The van der Waals surface area contributed by atoms with E-state index in [1.807, 2.05) is 0 Å². The summed E-state index contributed by atoms with van der Waals surface area (Å²) in [6, 6.07) is -0.827. The quantitative estimate of drug-likeness (QED) is 0.384. The molecule has 0 radical (unpaired) electrons. The summed E-state index contributed by atoms with van der Waals surface area (Å²) in [4.78, 5) is 22.1. The fourth-order valence-corrected chi connectivity index (χ4v) is 0.926. The molecule has 0 aliphatic rings. The van der Waals surface area contributed by atoms with Crippen molar-refractivity contribution in [3.63, 3.8) is 0 Å². The second-order valence-electron chi connectivity index (χ2n) is 3.38. The Morgan fingerprint density at radius 2 is 2.07 bits per heavy atom. The van der Waals surface area contributed by atoms with E-state index in [1.165, 1.54) is 6.92 Å². The van der Waals surface area contributed by atoms with E-state index < -0.39 is 24.1 Å². The van der Waals surface area contributed by atoms with Crippen LogP contribution in [0.3, 0.4) is 0 Å². The minimum Gasteiger partial charge on any atom is -0.393 e. The third kappa shape index (κ3) is 7.01. The predicted molar refractivity (Wildman–Crippen MR) is 53.7 cm³/mol. The molecule has 0 bridgehead atoms. The Labute approximate surface area is 88.6 Å². The van der Waals surface area contributed by atoms with Gasteiger partial charge in [0.25, 0.3) is 0 Å². The van der Waals surface area contributed by atoms with Crippen molar-refractivity contribution in [1.82, 2.24) is 0 Å². The van der Waals surface area contributed by atoms with Crippen molar-refractivity contribution in [3.8, 4) is 0 Å². The maximum Gasteiger partial charge on any atom is 0.330 e. The van der Waals surface area contributed by atoms with Crippen LogP contribution in [-0.4, -0.2) is 35.7 Å². The van der Waals surface area contributed by atoms with E-state index >= 15 is 0 Å². The molecule has 0 saturated carbocycles. The van der Waals surface area contributed by atoms with Gasteiger partial charge in [-0.3, -0.25) is 4.79 Å². The molecule has 5 N–H and O–H groups in total. The van der Waals surface area contributed by atoms with Crippen molar-refractivity contribution in [2.75, 3.05) is 6.54 Å². The van der Waals surface area contributed by atoms with Gasteiger partial charge in [0.2, 0.25) is 0 Å². The number of carbonyl (C=O) groups is 2. The summed E-state index contributed by atoms with van der Waals surface area (Å²) in [5.74, 6) is -1.53. The van der Waals surface area contributed by atoms with Gasteiger partial charge in [-0.15, -0.1) is 0 Å². The number of carbonyl (C=O) groups excluding carboxylic acids is 2. The van der Waals surface area contributed by atoms with E-state index in [-0.39, 0.29) is 6.42 Å². The Morgan fingerprint density at radius 1 is 1.47 bits per heavy atom. The van der Waals surface area contributed by atoms with Gasteiger partial charge in [0.15, 0.2) is 0 Å². The second kappa shape index (κ2) is 7.33. The van der Waals surface area contributed by atoms with Gasteiger partial charge in [0.05, 0.1) is 12.5 Å². The number of nitrogens with two attached hydrogens (primary N) is 2. The van der Waals surface area contributed by atoms with Crippen molar-refractivity contribution in [2.45, 2.75) is 38.3 Å². The van der Waals surface area contributed by atoms with Gasteiger partial charge in [0, 0.05) is 0 Å². The smallest absolute Gasteiger partial charge is 0.330 e. The van der Waals surface area contributed by atoms with Crippen LogP contribution in [0, 0.1) is 0 Å². The van der Waals surface area contributed by atoms with E-state index in [2.05, 4.69) is 4.74 Å². The fourth-order valence-electron chi connectivity index (χ4n) is 0.926. The lowest BCUT2D eigenvalue weighted by Crippen LogP contribution is -2.34. The molecule has 88 valence electrons. The lowest BCUT2D eigenvalue weighted by Gasteiger charge is -2.10. The number of hydrogen-bond acceptors (Lipinski definition) is 6. The molecular formula is C9H18N2O4. The molecule has 0 spiro atoms. The molecule has 0 amide bonds. The number of aliphatic hydroxyl groups excluding tert-OH is 1. The number of esters is 2. The van der Waals surface area contributed by atoms with Crippen LogP contribution >= 0.6 is 0 Å². The minimum absolute atomic E-state index is 0.213. The number of aliphatic hydroxyl groups is 1. The number of hydrogen-bond donors (Lipinski definition) is 3. The van der Waals surface area contributed by atoms with Crippen molar-refractivity contribution in [3.05, 3.63) is 0 Å². The van der Waals surface area contributed by atoms with Crippen LogP contribution in [0.1, 0.15) is 26.2 Å². The molecule has 6 heteroatoms. The van der Waals surface area contributed by atoms with Crippen molar-refractivity contribution < 1.29 is 19.4 Å². The topological polar surface area (TPSA) is 116 Å². The molecule has 0 aliphatic heterocycles. The Morgan fingerprint density at radius 3 is 2.53 bits per heavy atom. The molecular weight excluding hydrogens is 200 g/mol. The zero-order valence-corrected chi connectivity index (χ0v) is 8.81. The third-order valence-electron chi connectivity index (χ3n) is 1.70. The van der Waals surface area contributed by atoms with Crippen LogP contribution in [0.4, 0.5) is 0 Å². The standard InChI is InChI=1S/C9H18N2O4/c1-6(12)5-8(13)15-9(14)7(11)3-2-4-10/h6-7,12H,2-5,10-11H2,1H3/t6?,7-/m1/s1. The number of rotatable bonds is 6. The summed E-state index contributed by atoms with van der Waals surface area (Å²) in [7, 11) is 0. The van der Waals surface area contributed by atoms with E-state index in [0.717, 1.165) is 0 Å². The lowest BCUT2D eigenvalue weighted by molar-refractivity contribution is -0.161. The van der Waals surface area contributed by atoms with E-state index in [9.17, 15) is 9.59 Å². The van der Waals surface area contributed by atoms with Gasteiger partial charge in [-0.1, -0.05) is 0 Å². The van der Waals surface area contributed by atoms with E-state index in [0.29, 0.717) is 19.4 Å². The van der Waals surface area contributed by atoms with E-state index in [1.54, 1.807) is 0 Å². The lowest BCUT2D eigenvalue weighted by atomic mass is 10.2. The summed E-state index contributed by atoms with van der Waals surface area (Å²) in [6.45, 7) is 1.86. The van der Waals surface area contributed by atoms with Crippen LogP contribution < -0.4 is 11.5 Å². The Bertz CT molecular complexity index is 218. The average Bonchev–Trinajstić information content (AvgIpc) is 2.12. The van der Waals surface area contributed by atoms with Crippen LogP contribution in [0.15, 0.2) is 0 Å². The Hall–Kier alpha value is -0.980. The molecule has 15 heavy (non-hydrogen) atoms. The van der Waals surface area contributed by atoms with Gasteiger partial charge < -0.3 is 21.3 Å². The summed E-state index contributed by atoms with van der Waals surface area (Å²) in [5.41, 5.74) is 10.7. The van der Waals surface area contributed by atoms with Gasteiger partial charge in [-0.25, -0.2) is 4.79 Å². The SMILES string of the molecule is CC(O)CC(=O)OC(=O)[C@H](N)CCCN. The second-order valence-corrected chi connectivity index (χ2v) is 3.38. The van der Waals surface area contributed by atoms with Crippen LogP contribution in [-0.2, 0) is 14.3 Å². The largest absolute Gasteiger partial charge is 0.393 e. The maximum absolute atomic E-state index is 11.2. The summed E-state index contributed by atoms with van der Waals surface area (Å²) in [5, 5.41) is 8.86. The summed E-state index contributed by atoms with van der Waals surface area (Å²) in [6.07, 6.45) is -0.0568. The molecule has 0 aliphatic carbocycles. The molecule has 1 unspecified atom stereocenters. The first-order valence-corrected chi connectivity index (χ1v) is 4.85. The molecule has 0 fully saturated rings. The zero-order valence-electron chi connectivity index (χ0n) is 8.81. The minimum atomic E-state index is -0.828. The first-order valence-electron chi connectivity index (χ1n) is 4.85. The van der Waals surface area contributed by atoms with Crippen LogP contribution in [0.5, 0.6) is 0 Å². The van der Waals surface area contributed by atoms with E-state index in [4.69, 9.17) is 16.6 Å². The predicted octanol–water partition coefficient (Wildman–Crippen LogP) is -1.11. The zero-order chi connectivity index (χ0) is 11.8. The average molecular weight is 218 g/mol. The van der Waals surface area contributed by atoms with Gasteiger partial charge in [-0.05, 0) is 26.3 Å². The van der Waals surface area contributed by atoms with Crippen LogP contribution in [0.2, 0.25) is 0 Å². The van der Waals surface area contributed by atoms with Gasteiger partial charge in [0.1, 0.15) is 6.04 Å². The van der Waals surface area contributed by atoms with Crippen molar-refractivity contribution >= 4 is 11.9 Å². The summed E-state index contributed by atoms with van der Waals surface area (Å²) < 4.78 is 4.42. The highest BCUT2D eigenvalue weighted by atomic mass is 16.6. The fraction of sp³-hybridized carbons (Fsp3) is 0.778. The molecule has 0 aromatic rings. The van der Waals surface area contributed by atoms with Crippen LogP contribution in [0.25, 0.3) is 0 Å². The molecule has 0 saturated heterocycles. The molecule has 0 heterocycles. The van der Waals surface area contributed by atoms with Crippen molar-refractivity contribution in [1.29, 1.82) is 0 Å².